The van der Waals surface area contributed by atoms with Gasteiger partial charge in [-0.1, -0.05) is 30.3 Å². The Balaban J connectivity index is 1.74. The van der Waals surface area contributed by atoms with Crippen molar-refractivity contribution in [1.82, 2.24) is 0 Å². The Bertz CT molecular complexity index is 600. The zero-order chi connectivity index (χ0) is 15.1. The summed E-state index contributed by atoms with van der Waals surface area (Å²) in [7, 11) is 0. The van der Waals surface area contributed by atoms with E-state index in [4.69, 9.17) is 10.5 Å². The Kier molecular flexibility index (Phi) is 5.29. The molecule has 0 aliphatic rings. The maximum Gasteiger partial charge on any atom is 0.292 e. The molecule has 0 atom stereocenters. The highest BCUT2D eigenvalue weighted by molar-refractivity contribution is 5.59. The van der Waals surface area contributed by atoms with Gasteiger partial charge in [0.1, 0.15) is 5.69 Å². The normalized spacial score (nSPS) is 10.5. The first-order valence-electron chi connectivity index (χ1n) is 6.81. The maximum absolute atomic E-state index is 10.7. The van der Waals surface area contributed by atoms with Gasteiger partial charge in [0.2, 0.25) is 0 Å². The Morgan fingerprint density at radius 3 is 2.52 bits per heavy atom. The van der Waals surface area contributed by atoms with E-state index < -0.39 is 4.92 Å². The molecule has 0 bridgehead atoms. The molecule has 0 spiro atoms. The average Bonchev–Trinajstić information content (AvgIpc) is 2.47. The number of hydrogen-bond acceptors (Lipinski definition) is 4. The molecule has 2 rings (SSSR count). The van der Waals surface area contributed by atoms with E-state index in [0.29, 0.717) is 13.2 Å². The summed E-state index contributed by atoms with van der Waals surface area (Å²) >= 11 is 0. The van der Waals surface area contributed by atoms with Crippen molar-refractivity contribution < 1.29 is 9.66 Å². The molecular formula is C16H18N2O3. The number of benzene rings is 2. The summed E-state index contributed by atoms with van der Waals surface area (Å²) in [6, 6.07) is 14.9. The third kappa shape index (κ3) is 4.57. The fourth-order valence-electron chi connectivity index (χ4n) is 2.07. The number of aryl methyl sites for hydroxylation is 1. The zero-order valence-corrected chi connectivity index (χ0v) is 11.7. The third-order valence-corrected chi connectivity index (χ3v) is 3.15. The monoisotopic (exact) mass is 286 g/mol. The minimum absolute atomic E-state index is 0.0668. The van der Waals surface area contributed by atoms with Crippen molar-refractivity contribution in [3.63, 3.8) is 0 Å². The van der Waals surface area contributed by atoms with E-state index in [1.807, 2.05) is 18.2 Å². The minimum atomic E-state index is -0.486. The number of nitrogens with two attached hydrogens (primary N) is 1. The van der Waals surface area contributed by atoms with Crippen molar-refractivity contribution in [2.75, 3.05) is 12.3 Å². The highest BCUT2D eigenvalue weighted by Crippen LogP contribution is 2.22. The fourth-order valence-corrected chi connectivity index (χ4v) is 2.07. The zero-order valence-electron chi connectivity index (χ0n) is 11.7. The highest BCUT2D eigenvalue weighted by Gasteiger charge is 2.10. The fraction of sp³-hybridized carbons (Fsp3) is 0.250. The summed E-state index contributed by atoms with van der Waals surface area (Å²) in [4.78, 5) is 10.2. The van der Waals surface area contributed by atoms with Crippen molar-refractivity contribution in [3.05, 3.63) is 69.8 Å². The predicted molar refractivity (Wildman–Crippen MR) is 81.9 cm³/mol. The molecule has 2 aromatic carbocycles. The Morgan fingerprint density at radius 2 is 1.86 bits per heavy atom. The second-order valence-corrected chi connectivity index (χ2v) is 4.79. The molecule has 5 nitrogen and oxygen atoms in total. The molecule has 0 saturated carbocycles. The van der Waals surface area contributed by atoms with Gasteiger partial charge in [-0.25, -0.2) is 0 Å². The van der Waals surface area contributed by atoms with Crippen LogP contribution < -0.4 is 5.73 Å². The lowest BCUT2D eigenvalue weighted by Gasteiger charge is -2.06. The summed E-state index contributed by atoms with van der Waals surface area (Å²) in [6.45, 7) is 1.06. The van der Waals surface area contributed by atoms with Crippen molar-refractivity contribution >= 4 is 11.4 Å². The van der Waals surface area contributed by atoms with E-state index >= 15 is 0 Å². The highest BCUT2D eigenvalue weighted by atomic mass is 16.6. The first kappa shape index (κ1) is 15.0. The maximum atomic E-state index is 10.7. The lowest BCUT2D eigenvalue weighted by Crippen LogP contribution is -2.00. The largest absolute Gasteiger partial charge is 0.393 e. The molecule has 2 N–H and O–H groups in total. The SMILES string of the molecule is Nc1cc(COCCCc2ccccc2)ccc1[N+](=O)[O-]. The number of anilines is 1. The molecule has 2 aromatic rings. The number of nitro benzene ring substituents is 1. The average molecular weight is 286 g/mol. The second-order valence-electron chi connectivity index (χ2n) is 4.79. The summed E-state index contributed by atoms with van der Waals surface area (Å²) in [5, 5.41) is 10.7. The predicted octanol–water partition coefficient (Wildman–Crippen LogP) is 3.33. The molecule has 0 unspecified atom stereocenters. The Morgan fingerprint density at radius 1 is 1.10 bits per heavy atom. The van der Waals surface area contributed by atoms with E-state index in [1.54, 1.807) is 12.1 Å². The molecule has 0 aromatic heterocycles. The molecule has 0 aliphatic carbocycles. The molecule has 0 aliphatic heterocycles. The van der Waals surface area contributed by atoms with Crippen LogP contribution in [0.25, 0.3) is 0 Å². The number of hydrogen-bond donors (Lipinski definition) is 1. The van der Waals surface area contributed by atoms with Gasteiger partial charge in [-0.2, -0.15) is 0 Å². The van der Waals surface area contributed by atoms with Crippen molar-refractivity contribution in [2.45, 2.75) is 19.4 Å². The van der Waals surface area contributed by atoms with Crippen LogP contribution in [0.2, 0.25) is 0 Å². The first-order valence-corrected chi connectivity index (χ1v) is 6.81. The first-order chi connectivity index (χ1) is 10.2. The molecule has 110 valence electrons. The second kappa shape index (κ2) is 7.40. The molecule has 0 saturated heterocycles. The van der Waals surface area contributed by atoms with Gasteiger partial charge in [0, 0.05) is 12.7 Å². The van der Waals surface area contributed by atoms with Crippen LogP contribution in [-0.2, 0) is 17.8 Å². The van der Waals surface area contributed by atoms with E-state index in [9.17, 15) is 10.1 Å². The number of ether oxygens (including phenoxy) is 1. The van der Waals surface area contributed by atoms with Crippen molar-refractivity contribution in [1.29, 1.82) is 0 Å². The van der Waals surface area contributed by atoms with Crippen LogP contribution in [0.5, 0.6) is 0 Å². The van der Waals surface area contributed by atoms with Gasteiger partial charge < -0.3 is 10.5 Å². The van der Waals surface area contributed by atoms with Gasteiger partial charge in [0.15, 0.2) is 0 Å². The van der Waals surface area contributed by atoms with Crippen LogP contribution in [0.15, 0.2) is 48.5 Å². The molecule has 0 amide bonds. The van der Waals surface area contributed by atoms with Crippen molar-refractivity contribution in [3.8, 4) is 0 Å². The quantitative estimate of drug-likeness (QED) is 0.366. The molecule has 0 heterocycles. The van der Waals surface area contributed by atoms with E-state index in [0.717, 1.165) is 18.4 Å². The lowest BCUT2D eigenvalue weighted by molar-refractivity contribution is -0.383. The van der Waals surface area contributed by atoms with Gasteiger partial charge in [-0.05, 0) is 36.1 Å². The topological polar surface area (TPSA) is 78.4 Å². The molecule has 5 heteroatoms. The number of nitro groups is 1. The van der Waals surface area contributed by atoms with Crippen LogP contribution in [-0.4, -0.2) is 11.5 Å². The standard InChI is InChI=1S/C16H18N2O3/c17-15-11-14(8-9-16(15)18(19)20)12-21-10-4-7-13-5-2-1-3-6-13/h1-3,5-6,8-9,11H,4,7,10,12,17H2. The number of nitrogens with zero attached hydrogens (tertiary/aromatic N) is 1. The Labute approximate surface area is 123 Å². The van der Waals surface area contributed by atoms with Crippen LogP contribution in [0.4, 0.5) is 11.4 Å². The molecule has 0 fully saturated rings. The van der Waals surface area contributed by atoms with Crippen molar-refractivity contribution in [2.24, 2.45) is 0 Å². The van der Waals surface area contributed by atoms with Crippen LogP contribution in [0.1, 0.15) is 17.5 Å². The van der Waals surface area contributed by atoms with Crippen LogP contribution in [0, 0.1) is 10.1 Å². The molecule has 0 radical (unpaired) electrons. The Hall–Kier alpha value is -2.40. The van der Waals surface area contributed by atoms with Crippen LogP contribution in [0.3, 0.4) is 0 Å². The molecule has 21 heavy (non-hydrogen) atoms. The summed E-state index contributed by atoms with van der Waals surface area (Å²) in [5.41, 5.74) is 7.87. The van der Waals surface area contributed by atoms with Gasteiger partial charge in [0.05, 0.1) is 11.5 Å². The minimum Gasteiger partial charge on any atom is -0.393 e. The third-order valence-electron chi connectivity index (χ3n) is 3.15. The smallest absolute Gasteiger partial charge is 0.292 e. The molecular weight excluding hydrogens is 268 g/mol. The summed E-state index contributed by atoms with van der Waals surface area (Å²) in [5.74, 6) is 0. The van der Waals surface area contributed by atoms with Gasteiger partial charge >= 0.3 is 0 Å². The van der Waals surface area contributed by atoms with E-state index in [2.05, 4.69) is 12.1 Å². The number of rotatable bonds is 7. The van der Waals surface area contributed by atoms with E-state index in [-0.39, 0.29) is 11.4 Å². The van der Waals surface area contributed by atoms with Gasteiger partial charge in [0.25, 0.3) is 5.69 Å². The summed E-state index contributed by atoms with van der Waals surface area (Å²) in [6.07, 6.45) is 1.91. The summed E-state index contributed by atoms with van der Waals surface area (Å²) < 4.78 is 5.57. The number of nitrogen functional groups attached to an aromatic ring is 1. The van der Waals surface area contributed by atoms with Gasteiger partial charge in [-0.15, -0.1) is 0 Å². The lowest BCUT2D eigenvalue weighted by atomic mass is 10.1. The van der Waals surface area contributed by atoms with E-state index in [1.165, 1.54) is 11.6 Å². The van der Waals surface area contributed by atoms with Crippen LogP contribution >= 0.6 is 0 Å². The van der Waals surface area contributed by atoms with Gasteiger partial charge in [-0.3, -0.25) is 10.1 Å².